The fourth-order valence-electron chi connectivity index (χ4n) is 4.18. The Morgan fingerprint density at radius 3 is 2.79 bits per heavy atom. The van der Waals surface area contributed by atoms with Gasteiger partial charge in [-0.2, -0.15) is 0 Å². The molecule has 1 saturated carbocycles. The zero-order valence-electron chi connectivity index (χ0n) is 16.3. The summed E-state index contributed by atoms with van der Waals surface area (Å²) < 4.78 is 20.9. The molecule has 0 spiro atoms. The van der Waals surface area contributed by atoms with Crippen molar-refractivity contribution in [2.45, 2.75) is 57.4 Å². The van der Waals surface area contributed by atoms with E-state index in [0.29, 0.717) is 32.5 Å². The van der Waals surface area contributed by atoms with Gasteiger partial charge in [0.05, 0.1) is 23.4 Å². The number of carbonyl (C=O) groups is 1. The fourth-order valence-corrected chi connectivity index (χ4v) is 4.78. The molecule has 0 N–H and O–H groups in total. The highest BCUT2D eigenvalue weighted by Crippen LogP contribution is 2.38. The first-order valence-corrected chi connectivity index (χ1v) is 11.0. The molecule has 0 bridgehead atoms. The molecule has 0 unspecified atom stereocenters. The summed E-state index contributed by atoms with van der Waals surface area (Å²) in [4.78, 5) is 18.9. The van der Waals surface area contributed by atoms with Gasteiger partial charge in [-0.25, -0.2) is 9.37 Å². The van der Waals surface area contributed by atoms with Crippen LogP contribution in [0.5, 0.6) is 0 Å². The first kappa shape index (κ1) is 19.5. The van der Waals surface area contributed by atoms with Crippen LogP contribution in [0.4, 0.5) is 4.39 Å². The lowest BCUT2D eigenvalue weighted by Crippen LogP contribution is -2.55. The van der Waals surface area contributed by atoms with Gasteiger partial charge in [0.15, 0.2) is 5.67 Å². The third-order valence-corrected chi connectivity index (χ3v) is 6.76. The van der Waals surface area contributed by atoms with Crippen LogP contribution < -0.4 is 0 Å². The van der Waals surface area contributed by atoms with Gasteiger partial charge in [0.25, 0.3) is 5.91 Å². The number of aryl methyl sites for hydroxylation is 1. The average molecular weight is 403 g/mol. The number of alkyl halides is 1. The van der Waals surface area contributed by atoms with Crippen molar-refractivity contribution < 1.29 is 13.9 Å². The van der Waals surface area contributed by atoms with E-state index < -0.39 is 5.67 Å². The van der Waals surface area contributed by atoms with Crippen LogP contribution in [0.2, 0.25) is 0 Å². The summed E-state index contributed by atoms with van der Waals surface area (Å²) in [6.07, 6.45) is 3.15. The average Bonchev–Trinajstić information content (AvgIpc) is 3.10. The molecule has 1 aliphatic heterocycles. The molecule has 2 aromatic rings. The van der Waals surface area contributed by atoms with E-state index in [2.05, 4.69) is 17.1 Å². The predicted octanol–water partition coefficient (Wildman–Crippen LogP) is 4.32. The molecule has 28 heavy (non-hydrogen) atoms. The Kier molecular flexibility index (Phi) is 5.78. The number of carbonyl (C=O) groups excluding carboxylic acids is 1. The van der Waals surface area contributed by atoms with Crippen LogP contribution in [0.25, 0.3) is 0 Å². The molecular formula is C22H27FN2O2S. The highest BCUT2D eigenvalue weighted by Gasteiger charge is 2.48. The number of rotatable bonds is 6. The second-order valence-corrected chi connectivity index (χ2v) is 9.08. The quantitative estimate of drug-likeness (QED) is 0.723. The summed E-state index contributed by atoms with van der Waals surface area (Å²) in [6, 6.07) is 10.3. The molecular weight excluding hydrogens is 375 g/mol. The topological polar surface area (TPSA) is 42.4 Å². The van der Waals surface area contributed by atoms with Crippen LogP contribution in [-0.2, 0) is 22.6 Å². The maximum Gasteiger partial charge on any atom is 0.260 e. The standard InChI is InChI=1S/C22H27FN2O2S/c1-16-24-19(15-28-16)14-27-20-8-11-25(21(26)22(23)9-5-10-22)13-18(20)12-17-6-3-2-4-7-17/h2-4,6-7,15,18,20H,5,8-14H2,1H3/t18-,20-/m1/s1. The van der Waals surface area contributed by atoms with E-state index >= 15 is 0 Å². The Balaban J connectivity index is 1.44. The minimum absolute atomic E-state index is 0.0446. The van der Waals surface area contributed by atoms with Crippen molar-refractivity contribution in [2.75, 3.05) is 13.1 Å². The minimum Gasteiger partial charge on any atom is -0.371 e. The number of halogens is 1. The van der Waals surface area contributed by atoms with Crippen LogP contribution in [0, 0.1) is 12.8 Å². The molecule has 2 atom stereocenters. The number of amides is 1. The maximum atomic E-state index is 14.7. The number of ether oxygens (including phenoxy) is 1. The number of thiazole rings is 1. The third kappa shape index (κ3) is 4.28. The number of hydrogen-bond acceptors (Lipinski definition) is 4. The van der Waals surface area contributed by atoms with E-state index in [1.54, 1.807) is 16.2 Å². The molecule has 6 heteroatoms. The first-order chi connectivity index (χ1) is 13.5. The van der Waals surface area contributed by atoms with Gasteiger partial charge in [0.2, 0.25) is 0 Å². The lowest BCUT2D eigenvalue weighted by Gasteiger charge is -2.43. The van der Waals surface area contributed by atoms with Crippen molar-refractivity contribution >= 4 is 17.2 Å². The molecule has 2 aliphatic rings. The smallest absolute Gasteiger partial charge is 0.260 e. The Morgan fingerprint density at radius 2 is 2.14 bits per heavy atom. The van der Waals surface area contributed by atoms with Crippen LogP contribution in [0.15, 0.2) is 35.7 Å². The van der Waals surface area contributed by atoms with Gasteiger partial charge in [-0.3, -0.25) is 4.79 Å². The van der Waals surface area contributed by atoms with E-state index in [1.165, 1.54) is 5.56 Å². The van der Waals surface area contributed by atoms with Crippen molar-refractivity contribution in [1.29, 1.82) is 0 Å². The Morgan fingerprint density at radius 1 is 1.36 bits per heavy atom. The predicted molar refractivity (Wildman–Crippen MR) is 108 cm³/mol. The van der Waals surface area contributed by atoms with Crippen molar-refractivity contribution in [3.8, 4) is 0 Å². The van der Waals surface area contributed by atoms with E-state index in [9.17, 15) is 9.18 Å². The Hall–Kier alpha value is -1.79. The molecule has 1 aromatic carbocycles. The Labute approximate surface area is 169 Å². The highest BCUT2D eigenvalue weighted by molar-refractivity contribution is 7.09. The number of benzene rings is 1. The van der Waals surface area contributed by atoms with Gasteiger partial charge < -0.3 is 9.64 Å². The Bertz CT molecular complexity index is 806. The molecule has 1 aliphatic carbocycles. The number of hydrogen-bond donors (Lipinski definition) is 0. The van der Waals surface area contributed by atoms with E-state index in [4.69, 9.17) is 4.74 Å². The lowest BCUT2D eigenvalue weighted by atomic mass is 9.79. The van der Waals surface area contributed by atoms with Crippen molar-refractivity contribution in [2.24, 2.45) is 5.92 Å². The molecule has 1 aromatic heterocycles. The zero-order chi connectivity index (χ0) is 19.6. The minimum atomic E-state index is -1.62. The molecule has 4 rings (SSSR count). The van der Waals surface area contributed by atoms with Gasteiger partial charge in [-0.15, -0.1) is 11.3 Å². The molecule has 2 heterocycles. The summed E-state index contributed by atoms with van der Waals surface area (Å²) in [5.74, 6) is -0.158. The lowest BCUT2D eigenvalue weighted by molar-refractivity contribution is -0.155. The van der Waals surface area contributed by atoms with Crippen LogP contribution in [-0.4, -0.2) is 40.7 Å². The number of likely N-dealkylation sites (tertiary alicyclic amines) is 1. The largest absolute Gasteiger partial charge is 0.371 e. The van der Waals surface area contributed by atoms with Crippen molar-refractivity contribution in [3.63, 3.8) is 0 Å². The second-order valence-electron chi connectivity index (χ2n) is 8.02. The number of nitrogens with zero attached hydrogens (tertiary/aromatic N) is 2. The van der Waals surface area contributed by atoms with E-state index in [-0.39, 0.29) is 17.9 Å². The molecule has 150 valence electrons. The van der Waals surface area contributed by atoms with Crippen LogP contribution in [0.1, 0.15) is 41.9 Å². The van der Waals surface area contributed by atoms with E-state index in [1.807, 2.05) is 30.5 Å². The fraction of sp³-hybridized carbons (Fsp3) is 0.545. The molecule has 0 radical (unpaired) electrons. The van der Waals surface area contributed by atoms with Crippen LogP contribution in [0.3, 0.4) is 0 Å². The summed E-state index contributed by atoms with van der Waals surface area (Å²) in [6.45, 7) is 3.60. The van der Waals surface area contributed by atoms with Crippen molar-refractivity contribution in [3.05, 3.63) is 52.0 Å². The van der Waals surface area contributed by atoms with Gasteiger partial charge in [0, 0.05) is 24.4 Å². The van der Waals surface area contributed by atoms with Gasteiger partial charge >= 0.3 is 0 Å². The summed E-state index contributed by atoms with van der Waals surface area (Å²) in [7, 11) is 0. The second kappa shape index (κ2) is 8.29. The molecule has 1 amide bonds. The summed E-state index contributed by atoms with van der Waals surface area (Å²) in [5, 5.41) is 3.07. The van der Waals surface area contributed by atoms with Gasteiger partial charge in [-0.05, 0) is 44.6 Å². The summed E-state index contributed by atoms with van der Waals surface area (Å²) >= 11 is 1.62. The van der Waals surface area contributed by atoms with Crippen molar-refractivity contribution in [1.82, 2.24) is 9.88 Å². The molecule has 1 saturated heterocycles. The number of aromatic nitrogens is 1. The van der Waals surface area contributed by atoms with E-state index in [0.717, 1.165) is 30.0 Å². The highest BCUT2D eigenvalue weighted by atomic mass is 32.1. The SMILES string of the molecule is Cc1nc(CO[C@@H]2CCN(C(=O)C3(F)CCC3)C[C@H]2Cc2ccccc2)cs1. The normalized spacial score (nSPS) is 24.0. The van der Waals surface area contributed by atoms with Gasteiger partial charge in [-0.1, -0.05) is 30.3 Å². The third-order valence-electron chi connectivity index (χ3n) is 5.93. The maximum absolute atomic E-state index is 14.7. The molecule has 4 nitrogen and oxygen atoms in total. The zero-order valence-corrected chi connectivity index (χ0v) is 17.1. The number of piperidine rings is 1. The molecule has 2 fully saturated rings. The first-order valence-electron chi connectivity index (χ1n) is 10.1. The van der Waals surface area contributed by atoms with Crippen LogP contribution >= 0.6 is 11.3 Å². The summed E-state index contributed by atoms with van der Waals surface area (Å²) in [5.41, 5.74) is 0.554. The monoisotopic (exact) mass is 402 g/mol. The van der Waals surface area contributed by atoms with Gasteiger partial charge in [0.1, 0.15) is 0 Å².